The highest BCUT2D eigenvalue weighted by Gasteiger charge is 2.13. The number of aromatic nitrogens is 3. The van der Waals surface area contributed by atoms with Crippen molar-refractivity contribution in [1.82, 2.24) is 15.2 Å². The number of ether oxygens (including phenoxy) is 4. The predicted octanol–water partition coefficient (Wildman–Crippen LogP) is 2.44. The van der Waals surface area contributed by atoms with Crippen LogP contribution in [-0.2, 0) is 11.2 Å². The summed E-state index contributed by atoms with van der Waals surface area (Å²) >= 11 is 0. The quantitative estimate of drug-likeness (QED) is 0.520. The van der Waals surface area contributed by atoms with Gasteiger partial charge in [0.2, 0.25) is 5.91 Å². The smallest absolute Gasteiger partial charge is 0.273 e. The van der Waals surface area contributed by atoms with Gasteiger partial charge in [0.25, 0.3) is 5.56 Å². The Bertz CT molecular complexity index is 1160. The van der Waals surface area contributed by atoms with Crippen LogP contribution in [-0.4, -0.2) is 49.5 Å². The summed E-state index contributed by atoms with van der Waals surface area (Å²) in [6.07, 6.45) is 0.168. The minimum atomic E-state index is -0.417. The molecule has 10 nitrogen and oxygen atoms in total. The van der Waals surface area contributed by atoms with Crippen LogP contribution >= 0.6 is 0 Å². The lowest BCUT2D eigenvalue weighted by molar-refractivity contribution is -0.116. The van der Waals surface area contributed by atoms with Crippen LogP contribution < -0.4 is 29.8 Å². The highest BCUT2D eigenvalue weighted by molar-refractivity contribution is 5.92. The Morgan fingerprint density at radius 3 is 2.31 bits per heavy atom. The maximum Gasteiger partial charge on any atom is 0.273 e. The number of carbonyl (C=O) groups excluding carboxylic acids is 1. The summed E-state index contributed by atoms with van der Waals surface area (Å²) in [6.45, 7) is 0. The molecule has 0 aliphatic carbocycles. The minimum Gasteiger partial charge on any atom is -0.497 e. The van der Waals surface area contributed by atoms with Crippen LogP contribution in [0.25, 0.3) is 11.4 Å². The Labute approximate surface area is 184 Å². The number of benzene rings is 2. The van der Waals surface area contributed by atoms with Gasteiger partial charge in [0.05, 0.1) is 34.1 Å². The molecule has 0 aliphatic heterocycles. The fraction of sp³-hybridized carbons (Fsp3) is 0.273. The molecule has 1 amide bonds. The summed E-state index contributed by atoms with van der Waals surface area (Å²) in [5, 5.41) is 10.8. The van der Waals surface area contributed by atoms with E-state index < -0.39 is 5.56 Å². The average molecular weight is 440 g/mol. The average Bonchev–Trinajstić information content (AvgIpc) is 2.82. The summed E-state index contributed by atoms with van der Waals surface area (Å²) in [6, 6.07) is 10.2. The Balaban J connectivity index is 1.68. The van der Waals surface area contributed by atoms with Gasteiger partial charge in [-0.1, -0.05) is 0 Å². The molecule has 0 saturated carbocycles. The number of H-pyrrole nitrogens is 1. The first kappa shape index (κ1) is 22.6. The number of aromatic amines is 1. The topological polar surface area (TPSA) is 125 Å². The number of nitrogens with zero attached hydrogens (tertiary/aromatic N) is 2. The maximum atomic E-state index is 12.5. The van der Waals surface area contributed by atoms with Gasteiger partial charge in [0.1, 0.15) is 17.2 Å². The van der Waals surface area contributed by atoms with Crippen molar-refractivity contribution in [2.75, 3.05) is 33.8 Å². The highest BCUT2D eigenvalue weighted by Crippen LogP contribution is 2.31. The SMILES string of the molecule is COc1ccc(NC(=O)CCc2nnc(-c3ccc(OC)c(OC)c3)[nH]c2=O)c(OC)c1. The van der Waals surface area contributed by atoms with E-state index in [4.69, 9.17) is 18.9 Å². The Morgan fingerprint density at radius 1 is 0.906 bits per heavy atom. The normalized spacial score (nSPS) is 10.4. The van der Waals surface area contributed by atoms with E-state index in [0.29, 0.717) is 34.2 Å². The van der Waals surface area contributed by atoms with Gasteiger partial charge in [-0.2, -0.15) is 0 Å². The number of hydrogen-bond donors (Lipinski definition) is 2. The second-order valence-corrected chi connectivity index (χ2v) is 6.63. The number of amides is 1. The molecule has 0 unspecified atom stereocenters. The largest absolute Gasteiger partial charge is 0.497 e. The van der Waals surface area contributed by atoms with E-state index in [1.807, 2.05) is 0 Å². The highest BCUT2D eigenvalue weighted by atomic mass is 16.5. The van der Waals surface area contributed by atoms with Gasteiger partial charge in [0.15, 0.2) is 17.3 Å². The van der Waals surface area contributed by atoms with Gasteiger partial charge in [-0.15, -0.1) is 10.2 Å². The van der Waals surface area contributed by atoms with Gasteiger partial charge in [0, 0.05) is 24.5 Å². The Morgan fingerprint density at radius 2 is 1.66 bits per heavy atom. The molecule has 1 heterocycles. The second-order valence-electron chi connectivity index (χ2n) is 6.63. The zero-order chi connectivity index (χ0) is 23.1. The summed E-state index contributed by atoms with van der Waals surface area (Å²) in [5.41, 5.74) is 0.857. The van der Waals surface area contributed by atoms with Crippen LogP contribution in [0.4, 0.5) is 5.69 Å². The van der Waals surface area contributed by atoms with E-state index in [0.717, 1.165) is 0 Å². The summed E-state index contributed by atoms with van der Waals surface area (Å²) in [4.78, 5) is 27.5. The molecule has 0 atom stereocenters. The number of rotatable bonds is 9. The van der Waals surface area contributed by atoms with Gasteiger partial charge >= 0.3 is 0 Å². The van der Waals surface area contributed by atoms with E-state index in [1.54, 1.807) is 43.5 Å². The molecule has 0 radical (unpaired) electrons. The molecular formula is C22H24N4O6. The molecule has 0 aliphatic rings. The van der Waals surface area contributed by atoms with E-state index >= 15 is 0 Å². The van der Waals surface area contributed by atoms with E-state index in [1.165, 1.54) is 21.3 Å². The number of carbonyl (C=O) groups is 1. The van der Waals surface area contributed by atoms with Crippen molar-refractivity contribution in [2.45, 2.75) is 12.8 Å². The predicted molar refractivity (Wildman–Crippen MR) is 118 cm³/mol. The zero-order valence-corrected chi connectivity index (χ0v) is 18.2. The number of methoxy groups -OCH3 is 4. The van der Waals surface area contributed by atoms with Gasteiger partial charge in [-0.3, -0.25) is 9.59 Å². The van der Waals surface area contributed by atoms with Crippen molar-refractivity contribution in [3.63, 3.8) is 0 Å². The maximum absolute atomic E-state index is 12.5. The van der Waals surface area contributed by atoms with E-state index in [-0.39, 0.29) is 30.3 Å². The molecule has 0 saturated heterocycles. The van der Waals surface area contributed by atoms with Gasteiger partial charge in [-0.25, -0.2) is 0 Å². The van der Waals surface area contributed by atoms with Crippen LogP contribution in [0.3, 0.4) is 0 Å². The first-order chi connectivity index (χ1) is 15.5. The van der Waals surface area contributed by atoms with Crippen molar-refractivity contribution in [3.05, 3.63) is 52.4 Å². The third-order valence-corrected chi connectivity index (χ3v) is 4.69. The fourth-order valence-corrected chi connectivity index (χ4v) is 2.98. The number of nitrogens with one attached hydrogen (secondary N) is 2. The molecule has 2 N–H and O–H groups in total. The summed E-state index contributed by atoms with van der Waals surface area (Å²) < 4.78 is 20.9. The van der Waals surface area contributed by atoms with Crippen molar-refractivity contribution in [2.24, 2.45) is 0 Å². The molecule has 0 bridgehead atoms. The van der Waals surface area contributed by atoms with Crippen molar-refractivity contribution in [1.29, 1.82) is 0 Å². The zero-order valence-electron chi connectivity index (χ0n) is 18.2. The van der Waals surface area contributed by atoms with Crippen LogP contribution in [0.1, 0.15) is 12.1 Å². The molecule has 168 valence electrons. The Hall–Kier alpha value is -4.08. The number of anilines is 1. The third kappa shape index (κ3) is 5.15. The third-order valence-electron chi connectivity index (χ3n) is 4.69. The lowest BCUT2D eigenvalue weighted by atomic mass is 10.2. The van der Waals surface area contributed by atoms with E-state index in [9.17, 15) is 9.59 Å². The Kier molecular flexibility index (Phi) is 7.27. The molecule has 1 aromatic heterocycles. The lowest BCUT2D eigenvalue weighted by Gasteiger charge is -2.11. The standard InChI is InChI=1S/C22H24N4O6/c1-29-14-6-7-15(18(12-14)31-3)23-20(27)10-8-16-22(28)24-21(26-25-16)13-5-9-17(30-2)19(11-13)32-4/h5-7,9,11-12H,8,10H2,1-4H3,(H,23,27)(H,24,26,28). The van der Waals surface area contributed by atoms with Crippen molar-refractivity contribution < 1.29 is 23.7 Å². The fourth-order valence-electron chi connectivity index (χ4n) is 2.98. The van der Waals surface area contributed by atoms with Gasteiger partial charge < -0.3 is 29.2 Å². The van der Waals surface area contributed by atoms with Crippen LogP contribution in [0, 0.1) is 0 Å². The van der Waals surface area contributed by atoms with Crippen molar-refractivity contribution in [3.8, 4) is 34.4 Å². The molecule has 3 aromatic rings. The molecule has 32 heavy (non-hydrogen) atoms. The monoisotopic (exact) mass is 440 g/mol. The summed E-state index contributed by atoms with van der Waals surface area (Å²) in [7, 11) is 6.10. The molecule has 0 spiro atoms. The number of aryl methyl sites for hydroxylation is 1. The summed E-state index contributed by atoms with van der Waals surface area (Å²) in [5.74, 6) is 2.13. The first-order valence-electron chi connectivity index (χ1n) is 9.69. The molecule has 3 rings (SSSR count). The molecule has 2 aromatic carbocycles. The minimum absolute atomic E-state index is 0.0443. The first-order valence-corrected chi connectivity index (χ1v) is 9.69. The van der Waals surface area contributed by atoms with Crippen LogP contribution in [0.2, 0.25) is 0 Å². The number of hydrogen-bond acceptors (Lipinski definition) is 8. The van der Waals surface area contributed by atoms with Crippen LogP contribution in [0.5, 0.6) is 23.0 Å². The molecule has 0 fully saturated rings. The van der Waals surface area contributed by atoms with Gasteiger partial charge in [-0.05, 0) is 30.3 Å². The van der Waals surface area contributed by atoms with E-state index in [2.05, 4.69) is 20.5 Å². The molecule has 10 heteroatoms. The van der Waals surface area contributed by atoms with Crippen molar-refractivity contribution >= 4 is 11.6 Å². The van der Waals surface area contributed by atoms with Crippen LogP contribution in [0.15, 0.2) is 41.2 Å². The lowest BCUT2D eigenvalue weighted by Crippen LogP contribution is -2.20. The second kappa shape index (κ2) is 10.3. The molecular weight excluding hydrogens is 416 g/mol.